The first-order valence-corrected chi connectivity index (χ1v) is 3.86. The van der Waals surface area contributed by atoms with Crippen molar-refractivity contribution in [3.05, 3.63) is 0 Å². The predicted molar refractivity (Wildman–Crippen MR) is 39.1 cm³/mol. The van der Waals surface area contributed by atoms with E-state index in [2.05, 4.69) is 0 Å². The van der Waals surface area contributed by atoms with Gasteiger partial charge in [0, 0.05) is 5.41 Å². The van der Waals surface area contributed by atoms with Gasteiger partial charge in [0.05, 0.1) is 26.7 Å². The van der Waals surface area contributed by atoms with Crippen molar-refractivity contribution in [2.45, 2.75) is 24.4 Å². The molecule has 0 heterocycles. The van der Waals surface area contributed by atoms with E-state index < -0.39 is 17.6 Å². The Balaban J connectivity index is 2.21. The zero-order valence-corrected chi connectivity index (χ0v) is 6.14. The Bertz CT molecular complexity index is 185. The topological polar surface area (TPSA) is 60.7 Å². The van der Waals surface area contributed by atoms with Crippen molar-refractivity contribution in [1.82, 2.24) is 0 Å². The summed E-state index contributed by atoms with van der Waals surface area (Å²) in [6.45, 7) is -0.0659. The molecule has 0 saturated heterocycles. The summed E-state index contributed by atoms with van der Waals surface area (Å²) < 4.78 is 0. The Kier molecular flexibility index (Phi) is 1.38. The summed E-state index contributed by atoms with van der Waals surface area (Å²) in [6.07, 6.45) is -0.920. The van der Waals surface area contributed by atoms with Gasteiger partial charge in [0.1, 0.15) is 0 Å². The lowest BCUT2D eigenvalue weighted by molar-refractivity contribution is -0.0181. The van der Waals surface area contributed by atoms with E-state index in [1.54, 1.807) is 0 Å². The molecule has 0 aliphatic heterocycles. The molecule has 5 atom stereocenters. The van der Waals surface area contributed by atoms with Crippen molar-refractivity contribution in [1.29, 1.82) is 0 Å². The van der Waals surface area contributed by atoms with Crippen LogP contribution in [-0.2, 0) is 0 Å². The van der Waals surface area contributed by atoms with Crippen LogP contribution in [0.15, 0.2) is 0 Å². The minimum atomic E-state index is -0.846. The lowest BCUT2D eigenvalue weighted by Crippen LogP contribution is -2.33. The number of rotatable bonds is 1. The van der Waals surface area contributed by atoms with E-state index in [-0.39, 0.29) is 18.3 Å². The van der Waals surface area contributed by atoms with Gasteiger partial charge in [-0.2, -0.15) is 0 Å². The Labute approximate surface area is 66.5 Å². The molecule has 2 aliphatic carbocycles. The summed E-state index contributed by atoms with van der Waals surface area (Å²) in [5.41, 5.74) is -0.459. The third-order valence-corrected chi connectivity index (χ3v) is 3.24. The highest BCUT2D eigenvalue weighted by Crippen LogP contribution is 2.67. The minimum absolute atomic E-state index is 0.0659. The minimum Gasteiger partial charge on any atom is -0.396 e. The molecule has 0 bridgehead atoms. The summed E-state index contributed by atoms with van der Waals surface area (Å²) in [5, 5.41) is 27.7. The van der Waals surface area contributed by atoms with Gasteiger partial charge in [0.2, 0.25) is 0 Å². The smallest absolute Gasteiger partial charge is 0.0875 e. The summed E-state index contributed by atoms with van der Waals surface area (Å²) >= 11 is 0. The molecule has 0 spiro atoms. The van der Waals surface area contributed by atoms with E-state index in [9.17, 15) is 10.2 Å². The van der Waals surface area contributed by atoms with Crippen molar-refractivity contribution in [3.8, 4) is 0 Å². The summed E-state index contributed by atoms with van der Waals surface area (Å²) in [6, 6.07) is 0. The van der Waals surface area contributed by atoms with Crippen LogP contribution in [-0.4, -0.2) is 42.0 Å². The Morgan fingerprint density at radius 1 is 1.45 bits per heavy atom. The van der Waals surface area contributed by atoms with E-state index in [0.717, 1.165) is 6.42 Å². The molecule has 3 nitrogen and oxygen atoms in total. The van der Waals surface area contributed by atoms with Gasteiger partial charge >= 0.3 is 0 Å². The molecule has 0 amide bonds. The quantitative estimate of drug-likeness (QED) is 0.410. The van der Waals surface area contributed by atoms with Crippen LogP contribution < -0.4 is 0 Å². The average Bonchev–Trinajstić information content (AvgIpc) is 2.71. The van der Waals surface area contributed by atoms with Crippen LogP contribution in [0.1, 0.15) is 6.42 Å². The molecular weight excluding hydrogens is 143 g/mol. The Morgan fingerprint density at radius 2 is 2.09 bits per heavy atom. The second-order valence-electron chi connectivity index (χ2n) is 3.71. The molecule has 0 unspecified atom stereocenters. The average molecular weight is 154 g/mol. The zero-order valence-electron chi connectivity index (χ0n) is 6.14. The molecule has 0 aromatic rings. The molecule has 0 aromatic heterocycles. The fraction of sp³-hybridized carbons (Fsp3) is 1.00. The van der Waals surface area contributed by atoms with E-state index in [1.807, 2.05) is 0 Å². The third-order valence-electron chi connectivity index (χ3n) is 3.24. The fourth-order valence-electron chi connectivity index (χ4n) is 2.27. The van der Waals surface area contributed by atoms with Crippen molar-refractivity contribution >= 4 is 7.85 Å². The van der Waals surface area contributed by atoms with Crippen LogP contribution in [0, 0.1) is 11.3 Å². The van der Waals surface area contributed by atoms with Crippen molar-refractivity contribution in [2.75, 3.05) is 6.61 Å². The second-order valence-corrected chi connectivity index (χ2v) is 3.71. The van der Waals surface area contributed by atoms with Crippen LogP contribution in [0.4, 0.5) is 0 Å². The lowest BCUT2D eigenvalue weighted by Gasteiger charge is -2.20. The number of hydrogen-bond donors (Lipinski definition) is 3. The number of aliphatic hydroxyl groups excluding tert-OH is 3. The Morgan fingerprint density at radius 3 is 2.36 bits per heavy atom. The molecule has 4 heteroatoms. The van der Waals surface area contributed by atoms with E-state index in [0.29, 0.717) is 0 Å². The maximum absolute atomic E-state index is 9.44. The second kappa shape index (κ2) is 2.00. The highest BCUT2D eigenvalue weighted by Gasteiger charge is 2.68. The number of aliphatic hydroxyl groups is 3. The van der Waals surface area contributed by atoms with Gasteiger partial charge in [-0.1, -0.05) is 0 Å². The fourth-order valence-corrected chi connectivity index (χ4v) is 2.27. The van der Waals surface area contributed by atoms with Gasteiger partial charge in [0.25, 0.3) is 0 Å². The normalized spacial score (nSPS) is 61.0. The third kappa shape index (κ3) is 0.700. The monoisotopic (exact) mass is 154 g/mol. The van der Waals surface area contributed by atoms with E-state index in [1.165, 1.54) is 0 Å². The van der Waals surface area contributed by atoms with Gasteiger partial charge in [0.15, 0.2) is 0 Å². The molecule has 11 heavy (non-hydrogen) atoms. The van der Waals surface area contributed by atoms with Crippen molar-refractivity contribution in [2.24, 2.45) is 11.3 Å². The standard InChI is InChI=1S/C7H11BO3/c8-4-3-1-7(3,2-9)6(11)5(4)10/h3-6,9-11H,1-2H2/t3-,4-,5+,6+,7+/m1/s1. The zero-order chi connectivity index (χ0) is 8.22. The van der Waals surface area contributed by atoms with Gasteiger partial charge in [-0.3, -0.25) is 0 Å². The van der Waals surface area contributed by atoms with Crippen molar-refractivity contribution in [3.63, 3.8) is 0 Å². The van der Waals surface area contributed by atoms with Crippen LogP contribution in [0.5, 0.6) is 0 Å². The van der Waals surface area contributed by atoms with Crippen LogP contribution in [0.2, 0.25) is 5.82 Å². The summed E-state index contributed by atoms with van der Waals surface area (Å²) in [4.78, 5) is 0. The summed E-state index contributed by atoms with van der Waals surface area (Å²) in [5.74, 6) is -0.227. The van der Waals surface area contributed by atoms with E-state index >= 15 is 0 Å². The Hall–Kier alpha value is -0.0551. The molecule has 2 fully saturated rings. The molecule has 2 rings (SSSR count). The first-order valence-electron chi connectivity index (χ1n) is 3.86. The number of fused-ring (bicyclic) bond motifs is 1. The van der Waals surface area contributed by atoms with Crippen LogP contribution in [0.25, 0.3) is 0 Å². The maximum atomic E-state index is 9.44. The number of hydrogen-bond acceptors (Lipinski definition) is 3. The molecule has 0 aromatic carbocycles. The molecule has 2 aliphatic rings. The predicted octanol–water partition coefficient (Wildman–Crippen LogP) is -1.32. The summed E-state index contributed by atoms with van der Waals surface area (Å²) in [7, 11) is 5.59. The molecule has 2 saturated carbocycles. The highest BCUT2D eigenvalue weighted by molar-refractivity contribution is 6.13. The molecule has 3 N–H and O–H groups in total. The van der Waals surface area contributed by atoms with Crippen LogP contribution >= 0.6 is 0 Å². The molecule has 2 radical (unpaired) electrons. The van der Waals surface area contributed by atoms with Crippen LogP contribution in [0.3, 0.4) is 0 Å². The van der Waals surface area contributed by atoms with Gasteiger partial charge in [-0.15, -0.1) is 0 Å². The van der Waals surface area contributed by atoms with Gasteiger partial charge in [-0.25, -0.2) is 0 Å². The van der Waals surface area contributed by atoms with Crippen molar-refractivity contribution < 1.29 is 15.3 Å². The van der Waals surface area contributed by atoms with E-state index in [4.69, 9.17) is 13.0 Å². The highest BCUT2D eigenvalue weighted by atomic mass is 16.3. The largest absolute Gasteiger partial charge is 0.396 e. The van der Waals surface area contributed by atoms with Gasteiger partial charge in [-0.05, 0) is 18.2 Å². The molecule has 60 valence electrons. The molecular formula is C7H11BO3. The first kappa shape index (κ1) is 7.59. The SMILES string of the molecule is [B][C@H]1[C@H](O)[C@H](O)[C@]2(CO)C[C@H]12. The maximum Gasteiger partial charge on any atom is 0.0875 e. The lowest BCUT2D eigenvalue weighted by atomic mass is 9.81. The first-order chi connectivity index (χ1) is 5.13. The van der Waals surface area contributed by atoms with Gasteiger partial charge < -0.3 is 15.3 Å².